The van der Waals surface area contributed by atoms with Gasteiger partial charge in [0.2, 0.25) is 5.88 Å². The van der Waals surface area contributed by atoms with Crippen LogP contribution in [-0.2, 0) is 24.3 Å². The molecule has 0 unspecified atom stereocenters. The lowest BCUT2D eigenvalue weighted by Crippen LogP contribution is -2.39. The van der Waals surface area contributed by atoms with Gasteiger partial charge in [0, 0.05) is 19.1 Å². The van der Waals surface area contributed by atoms with Crippen molar-refractivity contribution in [3.05, 3.63) is 108 Å². The highest BCUT2D eigenvalue weighted by atomic mass is 19.1. The Morgan fingerprint density at radius 3 is 2.24 bits per heavy atom. The van der Waals surface area contributed by atoms with Gasteiger partial charge < -0.3 is 14.6 Å². The van der Waals surface area contributed by atoms with E-state index >= 15 is 0 Å². The molecule has 3 aromatic carbocycles. The third-order valence-electron chi connectivity index (χ3n) is 6.34. The third kappa shape index (κ3) is 7.28. The Morgan fingerprint density at radius 1 is 0.947 bits per heavy atom. The highest BCUT2D eigenvalue weighted by Crippen LogP contribution is 2.32. The lowest BCUT2D eigenvalue weighted by atomic mass is 10.1. The molecule has 1 N–H and O–H groups in total. The SMILES string of the molecule is CCc1nn(-c2ccc(F)cc2)c(Oc2ccccc2)c1CN(C[C@H](O)COCc1ccccc1)C(C)C. The Labute approximate surface area is 224 Å². The molecule has 0 radical (unpaired) electrons. The molecular formula is C31H36FN3O3. The van der Waals surface area contributed by atoms with Gasteiger partial charge in [0.1, 0.15) is 11.6 Å². The second-order valence-corrected chi connectivity index (χ2v) is 9.57. The van der Waals surface area contributed by atoms with Gasteiger partial charge in [0.15, 0.2) is 0 Å². The quantitative estimate of drug-likeness (QED) is 0.230. The molecule has 1 aromatic heterocycles. The molecule has 0 aliphatic carbocycles. The average molecular weight is 518 g/mol. The number of aliphatic hydroxyl groups is 1. The van der Waals surface area contributed by atoms with Gasteiger partial charge in [-0.1, -0.05) is 55.5 Å². The summed E-state index contributed by atoms with van der Waals surface area (Å²) in [4.78, 5) is 2.19. The molecule has 0 amide bonds. The summed E-state index contributed by atoms with van der Waals surface area (Å²) in [5.41, 5.74) is 3.61. The summed E-state index contributed by atoms with van der Waals surface area (Å²) in [7, 11) is 0. The van der Waals surface area contributed by atoms with Crippen molar-refractivity contribution < 1.29 is 19.0 Å². The Bertz CT molecular complexity index is 1260. The summed E-state index contributed by atoms with van der Waals surface area (Å²) in [6.07, 6.45) is 0.0421. The molecule has 0 bridgehead atoms. The second-order valence-electron chi connectivity index (χ2n) is 9.57. The van der Waals surface area contributed by atoms with Crippen molar-refractivity contribution in [2.24, 2.45) is 0 Å². The van der Waals surface area contributed by atoms with E-state index in [1.165, 1.54) is 12.1 Å². The average Bonchev–Trinajstić information content (AvgIpc) is 3.26. The van der Waals surface area contributed by atoms with Gasteiger partial charge in [-0.25, -0.2) is 9.07 Å². The van der Waals surface area contributed by atoms with Gasteiger partial charge in [-0.15, -0.1) is 0 Å². The molecule has 0 spiro atoms. The van der Waals surface area contributed by atoms with Crippen molar-refractivity contribution in [3.8, 4) is 17.3 Å². The van der Waals surface area contributed by atoms with Crippen molar-refractivity contribution in [1.82, 2.24) is 14.7 Å². The molecule has 38 heavy (non-hydrogen) atoms. The molecule has 0 saturated heterocycles. The summed E-state index contributed by atoms with van der Waals surface area (Å²) < 4.78 is 27.6. The number of rotatable bonds is 13. The van der Waals surface area contributed by atoms with Crippen LogP contribution >= 0.6 is 0 Å². The van der Waals surface area contributed by atoms with Crippen LogP contribution in [-0.4, -0.2) is 45.1 Å². The van der Waals surface area contributed by atoms with Crippen molar-refractivity contribution in [3.63, 3.8) is 0 Å². The van der Waals surface area contributed by atoms with Crippen LogP contribution in [0.4, 0.5) is 4.39 Å². The number of para-hydroxylation sites is 1. The number of halogens is 1. The minimum absolute atomic E-state index is 0.155. The fourth-order valence-corrected chi connectivity index (χ4v) is 4.25. The first-order chi connectivity index (χ1) is 18.4. The Kier molecular flexibility index (Phi) is 9.65. The monoisotopic (exact) mass is 517 g/mol. The molecule has 200 valence electrons. The van der Waals surface area contributed by atoms with E-state index in [0.29, 0.717) is 43.4 Å². The summed E-state index contributed by atoms with van der Waals surface area (Å²) >= 11 is 0. The molecule has 0 saturated carbocycles. The highest BCUT2D eigenvalue weighted by molar-refractivity contribution is 5.44. The van der Waals surface area contributed by atoms with Gasteiger partial charge in [-0.05, 0) is 62.2 Å². The maximum Gasteiger partial charge on any atom is 0.227 e. The Hall–Kier alpha value is -3.52. The smallest absolute Gasteiger partial charge is 0.227 e. The number of nitrogens with zero attached hydrogens (tertiary/aromatic N) is 3. The molecular weight excluding hydrogens is 481 g/mol. The lowest BCUT2D eigenvalue weighted by Gasteiger charge is -2.29. The first kappa shape index (κ1) is 27.5. The van der Waals surface area contributed by atoms with E-state index in [-0.39, 0.29) is 18.5 Å². The van der Waals surface area contributed by atoms with Crippen LogP contribution in [0.5, 0.6) is 11.6 Å². The van der Waals surface area contributed by atoms with Crippen LogP contribution in [0.3, 0.4) is 0 Å². The molecule has 7 heteroatoms. The van der Waals surface area contributed by atoms with E-state index in [4.69, 9.17) is 14.6 Å². The second kappa shape index (κ2) is 13.3. The molecule has 6 nitrogen and oxygen atoms in total. The summed E-state index contributed by atoms with van der Waals surface area (Å²) in [5.74, 6) is 0.960. The zero-order valence-electron chi connectivity index (χ0n) is 22.3. The molecule has 0 fully saturated rings. The van der Waals surface area contributed by atoms with E-state index in [9.17, 15) is 9.50 Å². The van der Waals surface area contributed by atoms with Crippen LogP contribution in [0.25, 0.3) is 5.69 Å². The number of benzene rings is 3. The number of aromatic nitrogens is 2. The van der Waals surface area contributed by atoms with Crippen LogP contribution in [0, 0.1) is 5.82 Å². The Balaban J connectivity index is 1.57. The maximum absolute atomic E-state index is 13.7. The molecule has 4 aromatic rings. The lowest BCUT2D eigenvalue weighted by molar-refractivity contribution is 0.00299. The van der Waals surface area contributed by atoms with Gasteiger partial charge in [0.25, 0.3) is 0 Å². The van der Waals surface area contributed by atoms with Gasteiger partial charge in [-0.2, -0.15) is 5.10 Å². The normalized spacial score (nSPS) is 12.3. The predicted octanol–water partition coefficient (Wildman–Crippen LogP) is 6.15. The summed E-state index contributed by atoms with van der Waals surface area (Å²) in [5, 5.41) is 15.7. The fourth-order valence-electron chi connectivity index (χ4n) is 4.25. The molecule has 0 aliphatic heterocycles. The van der Waals surface area contributed by atoms with Gasteiger partial charge >= 0.3 is 0 Å². The largest absolute Gasteiger partial charge is 0.439 e. The minimum Gasteiger partial charge on any atom is -0.439 e. The number of hydrogen-bond donors (Lipinski definition) is 1. The van der Waals surface area contributed by atoms with Crippen molar-refractivity contribution >= 4 is 0 Å². The number of ether oxygens (including phenoxy) is 2. The van der Waals surface area contributed by atoms with E-state index in [1.54, 1.807) is 16.8 Å². The van der Waals surface area contributed by atoms with Gasteiger partial charge in [-0.3, -0.25) is 4.90 Å². The summed E-state index contributed by atoms with van der Waals surface area (Å²) in [6.45, 7) is 7.91. The number of hydrogen-bond acceptors (Lipinski definition) is 5. The van der Waals surface area contributed by atoms with Crippen LogP contribution < -0.4 is 4.74 Å². The van der Waals surface area contributed by atoms with Crippen LogP contribution in [0.1, 0.15) is 37.6 Å². The van der Waals surface area contributed by atoms with E-state index < -0.39 is 6.10 Å². The van der Waals surface area contributed by atoms with E-state index in [0.717, 1.165) is 16.8 Å². The molecule has 4 rings (SSSR count). The Morgan fingerprint density at radius 2 is 1.61 bits per heavy atom. The summed E-state index contributed by atoms with van der Waals surface area (Å²) in [6, 6.07) is 25.9. The topological polar surface area (TPSA) is 59.8 Å². The standard InChI is InChI=1S/C31H36FN3O3/c1-4-30-29(20-34(23(2)3)19-27(36)22-37-21-24-11-7-5-8-12-24)31(38-28-13-9-6-10-14-28)35(33-30)26-17-15-25(32)16-18-26/h5-18,23,27,36H,4,19-22H2,1-3H3/t27-/m0/s1. The minimum atomic E-state index is -0.656. The fraction of sp³-hybridized carbons (Fsp3) is 0.323. The first-order valence-corrected chi connectivity index (χ1v) is 13.1. The third-order valence-corrected chi connectivity index (χ3v) is 6.34. The predicted molar refractivity (Wildman–Crippen MR) is 147 cm³/mol. The van der Waals surface area contributed by atoms with Gasteiger partial charge in [0.05, 0.1) is 36.3 Å². The van der Waals surface area contributed by atoms with Crippen molar-refractivity contribution in [2.75, 3.05) is 13.2 Å². The molecule has 1 heterocycles. The highest BCUT2D eigenvalue weighted by Gasteiger charge is 2.25. The van der Waals surface area contributed by atoms with Crippen molar-refractivity contribution in [2.45, 2.75) is 52.5 Å². The zero-order chi connectivity index (χ0) is 26.9. The zero-order valence-corrected chi connectivity index (χ0v) is 22.3. The first-order valence-electron chi connectivity index (χ1n) is 13.1. The van der Waals surface area contributed by atoms with Crippen LogP contribution in [0.15, 0.2) is 84.9 Å². The van der Waals surface area contributed by atoms with E-state index in [2.05, 4.69) is 25.7 Å². The van der Waals surface area contributed by atoms with E-state index in [1.807, 2.05) is 60.7 Å². The number of aryl methyl sites for hydroxylation is 1. The number of aliphatic hydroxyl groups excluding tert-OH is 1. The molecule has 1 atom stereocenters. The van der Waals surface area contributed by atoms with Crippen LogP contribution in [0.2, 0.25) is 0 Å². The van der Waals surface area contributed by atoms with Crippen molar-refractivity contribution in [1.29, 1.82) is 0 Å². The maximum atomic E-state index is 13.7. The molecule has 0 aliphatic rings.